The maximum Gasteiger partial charge on any atom is 0.0346 e. The molecule has 0 aliphatic heterocycles. The van der Waals surface area contributed by atoms with E-state index in [-0.39, 0.29) is 0 Å². The lowest BCUT2D eigenvalue weighted by atomic mass is 9.75. The third kappa shape index (κ3) is 4.11. The van der Waals surface area contributed by atoms with Crippen LogP contribution in [0.2, 0.25) is 0 Å². The Hall–Kier alpha value is -1.68. The Morgan fingerprint density at radius 3 is 2.44 bits per heavy atom. The van der Waals surface area contributed by atoms with Gasteiger partial charge in [-0.05, 0) is 74.2 Å². The third-order valence-electron chi connectivity index (χ3n) is 6.38. The summed E-state index contributed by atoms with van der Waals surface area (Å²) in [6.07, 6.45) is 6.19. The number of fused-ring (bicyclic) bond motifs is 1. The van der Waals surface area contributed by atoms with Gasteiger partial charge in [0.2, 0.25) is 0 Å². The second-order valence-corrected chi connectivity index (χ2v) is 9.10. The van der Waals surface area contributed by atoms with Crippen LogP contribution in [0.3, 0.4) is 0 Å². The normalized spacial score (nSPS) is 23.1. The van der Waals surface area contributed by atoms with Crippen LogP contribution >= 0.6 is 11.3 Å². The Bertz CT molecular complexity index is 860. The van der Waals surface area contributed by atoms with E-state index in [0.29, 0.717) is 11.6 Å². The highest BCUT2D eigenvalue weighted by molar-refractivity contribution is 7.17. The van der Waals surface area contributed by atoms with E-state index in [1.165, 1.54) is 46.9 Å². The molecule has 27 heavy (non-hydrogen) atoms. The van der Waals surface area contributed by atoms with Crippen LogP contribution in [0.4, 0.5) is 0 Å². The van der Waals surface area contributed by atoms with Crippen LogP contribution in [0.25, 0.3) is 10.1 Å². The molecule has 3 aromatic rings. The molecule has 1 aromatic heterocycles. The van der Waals surface area contributed by atoms with Crippen LogP contribution in [0.1, 0.15) is 36.8 Å². The molecule has 1 aliphatic rings. The predicted molar refractivity (Wildman–Crippen MR) is 117 cm³/mol. The summed E-state index contributed by atoms with van der Waals surface area (Å²) in [6.45, 7) is 0.988. The quantitative estimate of drug-likeness (QED) is 0.611. The topological polar surface area (TPSA) is 15.3 Å². The van der Waals surface area contributed by atoms with Crippen molar-refractivity contribution in [1.29, 1.82) is 0 Å². The SMILES string of the molecule is CN(C)C1(Cc2ccccc2)CCC(NCc2csc3ccccc23)CC1. The Morgan fingerprint density at radius 2 is 1.70 bits per heavy atom. The van der Waals surface area contributed by atoms with Crippen molar-refractivity contribution in [2.24, 2.45) is 0 Å². The zero-order valence-electron chi connectivity index (χ0n) is 16.4. The summed E-state index contributed by atoms with van der Waals surface area (Å²) in [7, 11) is 4.52. The molecule has 1 fully saturated rings. The summed E-state index contributed by atoms with van der Waals surface area (Å²) in [5.74, 6) is 0. The van der Waals surface area contributed by atoms with E-state index in [1.54, 1.807) is 0 Å². The maximum absolute atomic E-state index is 3.84. The maximum atomic E-state index is 3.84. The van der Waals surface area contributed by atoms with Gasteiger partial charge in [-0.2, -0.15) is 0 Å². The molecule has 0 unspecified atom stereocenters. The largest absolute Gasteiger partial charge is 0.310 e. The molecule has 1 aliphatic carbocycles. The van der Waals surface area contributed by atoms with E-state index in [1.807, 2.05) is 11.3 Å². The lowest BCUT2D eigenvalue weighted by molar-refractivity contribution is 0.0871. The van der Waals surface area contributed by atoms with Gasteiger partial charge in [0.25, 0.3) is 0 Å². The smallest absolute Gasteiger partial charge is 0.0346 e. The fraction of sp³-hybridized carbons (Fsp3) is 0.417. The minimum atomic E-state index is 0.300. The monoisotopic (exact) mass is 378 g/mol. The first-order valence-corrected chi connectivity index (χ1v) is 10.9. The van der Waals surface area contributed by atoms with Crippen molar-refractivity contribution >= 4 is 21.4 Å². The minimum absolute atomic E-state index is 0.300. The zero-order chi connectivity index (χ0) is 18.7. The first-order chi connectivity index (χ1) is 13.2. The van der Waals surface area contributed by atoms with E-state index < -0.39 is 0 Å². The molecule has 1 heterocycles. The first-order valence-electron chi connectivity index (χ1n) is 10.1. The van der Waals surface area contributed by atoms with Gasteiger partial charge in [-0.1, -0.05) is 48.5 Å². The second kappa shape index (κ2) is 8.14. The molecule has 0 saturated heterocycles. The molecular formula is C24H30N2S. The van der Waals surface area contributed by atoms with Crippen molar-refractivity contribution in [1.82, 2.24) is 10.2 Å². The van der Waals surface area contributed by atoms with Crippen LogP contribution in [-0.2, 0) is 13.0 Å². The Kier molecular flexibility index (Phi) is 5.63. The van der Waals surface area contributed by atoms with Gasteiger partial charge in [-0.15, -0.1) is 11.3 Å². The van der Waals surface area contributed by atoms with Crippen molar-refractivity contribution in [3.8, 4) is 0 Å². The first kappa shape index (κ1) is 18.7. The molecule has 0 spiro atoms. The van der Waals surface area contributed by atoms with E-state index >= 15 is 0 Å². The lowest BCUT2D eigenvalue weighted by Crippen LogP contribution is -2.51. The van der Waals surface area contributed by atoms with Crippen LogP contribution in [-0.4, -0.2) is 30.6 Å². The molecule has 0 amide bonds. The molecule has 4 rings (SSSR count). The lowest BCUT2D eigenvalue weighted by Gasteiger charge is -2.45. The van der Waals surface area contributed by atoms with Crippen LogP contribution in [0.15, 0.2) is 60.0 Å². The van der Waals surface area contributed by atoms with E-state index in [2.05, 4.69) is 84.3 Å². The highest BCUT2D eigenvalue weighted by Crippen LogP contribution is 2.36. The molecule has 2 aromatic carbocycles. The van der Waals surface area contributed by atoms with Crippen molar-refractivity contribution in [2.75, 3.05) is 14.1 Å². The van der Waals surface area contributed by atoms with Gasteiger partial charge in [-0.25, -0.2) is 0 Å². The second-order valence-electron chi connectivity index (χ2n) is 8.19. The van der Waals surface area contributed by atoms with Gasteiger partial charge in [-0.3, -0.25) is 0 Å². The number of thiophene rings is 1. The Labute approximate surface area is 167 Å². The number of likely N-dealkylation sites (N-methyl/N-ethyl adjacent to an activating group) is 1. The number of hydrogen-bond donors (Lipinski definition) is 1. The van der Waals surface area contributed by atoms with Gasteiger partial charge >= 0.3 is 0 Å². The Balaban J connectivity index is 1.37. The highest BCUT2D eigenvalue weighted by atomic mass is 32.1. The molecule has 3 heteroatoms. The van der Waals surface area contributed by atoms with Crippen LogP contribution in [0.5, 0.6) is 0 Å². The van der Waals surface area contributed by atoms with Crippen molar-refractivity contribution in [2.45, 2.75) is 50.2 Å². The summed E-state index contributed by atoms with van der Waals surface area (Å²) in [5, 5.41) is 7.58. The third-order valence-corrected chi connectivity index (χ3v) is 7.40. The Morgan fingerprint density at radius 1 is 1.00 bits per heavy atom. The summed E-state index contributed by atoms with van der Waals surface area (Å²) in [6, 6.07) is 20.4. The molecule has 0 bridgehead atoms. The number of benzene rings is 2. The average molecular weight is 379 g/mol. The number of nitrogens with zero attached hydrogens (tertiary/aromatic N) is 1. The van der Waals surface area contributed by atoms with Crippen molar-refractivity contribution < 1.29 is 0 Å². The van der Waals surface area contributed by atoms with Gasteiger partial charge in [0.1, 0.15) is 0 Å². The average Bonchev–Trinajstić information content (AvgIpc) is 3.11. The zero-order valence-corrected chi connectivity index (χ0v) is 17.3. The molecule has 1 saturated carbocycles. The molecule has 1 N–H and O–H groups in total. The summed E-state index contributed by atoms with van der Waals surface area (Å²) in [4.78, 5) is 2.47. The summed E-state index contributed by atoms with van der Waals surface area (Å²) in [5.41, 5.74) is 3.21. The molecule has 142 valence electrons. The summed E-state index contributed by atoms with van der Waals surface area (Å²) >= 11 is 1.86. The fourth-order valence-electron chi connectivity index (χ4n) is 4.54. The van der Waals surface area contributed by atoms with Gasteiger partial charge < -0.3 is 10.2 Å². The highest BCUT2D eigenvalue weighted by Gasteiger charge is 2.37. The predicted octanol–water partition coefficient (Wildman–Crippen LogP) is 5.48. The molecular weight excluding hydrogens is 348 g/mol. The standard InChI is InChI=1S/C24H30N2S/c1-26(2)24(16-19-8-4-3-5-9-19)14-12-21(13-15-24)25-17-20-18-27-23-11-7-6-10-22(20)23/h3-11,18,21,25H,12-17H2,1-2H3. The summed E-state index contributed by atoms with van der Waals surface area (Å²) < 4.78 is 1.40. The molecule has 0 radical (unpaired) electrons. The van der Waals surface area contributed by atoms with Gasteiger partial charge in [0, 0.05) is 22.8 Å². The number of rotatable bonds is 6. The van der Waals surface area contributed by atoms with Gasteiger partial charge in [0.05, 0.1) is 0 Å². The van der Waals surface area contributed by atoms with Crippen LogP contribution < -0.4 is 5.32 Å². The van der Waals surface area contributed by atoms with Crippen molar-refractivity contribution in [3.05, 3.63) is 71.1 Å². The number of nitrogens with one attached hydrogen (secondary N) is 1. The van der Waals surface area contributed by atoms with Gasteiger partial charge in [0.15, 0.2) is 0 Å². The van der Waals surface area contributed by atoms with E-state index in [0.717, 1.165) is 13.0 Å². The van der Waals surface area contributed by atoms with Crippen LogP contribution in [0, 0.1) is 0 Å². The van der Waals surface area contributed by atoms with E-state index in [9.17, 15) is 0 Å². The van der Waals surface area contributed by atoms with E-state index in [4.69, 9.17) is 0 Å². The van der Waals surface area contributed by atoms with Crippen molar-refractivity contribution in [3.63, 3.8) is 0 Å². The fourth-order valence-corrected chi connectivity index (χ4v) is 5.50. The number of hydrogen-bond acceptors (Lipinski definition) is 3. The molecule has 0 atom stereocenters. The minimum Gasteiger partial charge on any atom is -0.310 e. The molecule has 2 nitrogen and oxygen atoms in total.